The van der Waals surface area contributed by atoms with Crippen LogP contribution in [0.25, 0.3) is 0 Å². The number of hydrogen-bond donors (Lipinski definition) is 1. The van der Waals surface area contributed by atoms with Crippen LogP contribution in [0.2, 0.25) is 0 Å². The fourth-order valence-electron chi connectivity index (χ4n) is 2.60. The molecule has 1 fully saturated rings. The van der Waals surface area contributed by atoms with Gasteiger partial charge in [-0.3, -0.25) is 9.59 Å². The number of likely N-dealkylation sites (tertiary alicyclic amines) is 1. The molecule has 0 unspecified atom stereocenters. The van der Waals surface area contributed by atoms with Gasteiger partial charge in [0.1, 0.15) is 0 Å². The molecule has 4 nitrogen and oxygen atoms in total. The summed E-state index contributed by atoms with van der Waals surface area (Å²) >= 11 is 1.61. The fourth-order valence-corrected chi connectivity index (χ4v) is 3.31. The number of piperidine rings is 1. The smallest absolute Gasteiger partial charge is 0.225 e. The number of amides is 2. The first-order valence-electron chi connectivity index (χ1n) is 7.64. The molecule has 1 N–H and O–H groups in total. The molecule has 2 rings (SSSR count). The van der Waals surface area contributed by atoms with Gasteiger partial charge in [0.2, 0.25) is 11.8 Å². The zero-order chi connectivity index (χ0) is 15.2. The number of nitrogens with one attached hydrogen (secondary N) is 1. The van der Waals surface area contributed by atoms with Crippen molar-refractivity contribution < 1.29 is 9.59 Å². The highest BCUT2D eigenvalue weighted by atomic mass is 32.1. The normalized spacial score (nSPS) is 16.2. The predicted molar refractivity (Wildman–Crippen MR) is 85.2 cm³/mol. The minimum absolute atomic E-state index is 0.0874. The fraction of sp³-hybridized carbons (Fsp3) is 0.625. The Bertz CT molecular complexity index is 463. The first-order chi connectivity index (χ1) is 10.0. The Balaban J connectivity index is 1.71. The van der Waals surface area contributed by atoms with Gasteiger partial charge in [0.25, 0.3) is 0 Å². The molecule has 1 saturated heterocycles. The summed E-state index contributed by atoms with van der Waals surface area (Å²) in [5.41, 5.74) is 0. The van der Waals surface area contributed by atoms with Crippen LogP contribution in [0.3, 0.4) is 0 Å². The quantitative estimate of drug-likeness (QED) is 0.908. The Kier molecular flexibility index (Phi) is 5.79. The molecule has 1 aromatic rings. The number of rotatable bonds is 5. The first-order valence-corrected chi connectivity index (χ1v) is 8.52. The van der Waals surface area contributed by atoms with Gasteiger partial charge in [0.15, 0.2) is 0 Å². The Morgan fingerprint density at radius 3 is 2.67 bits per heavy atom. The van der Waals surface area contributed by atoms with Crippen LogP contribution >= 0.6 is 11.3 Å². The van der Waals surface area contributed by atoms with E-state index < -0.39 is 0 Å². The van der Waals surface area contributed by atoms with E-state index in [0.717, 1.165) is 30.8 Å². The predicted octanol–water partition coefficient (Wildman–Crippen LogP) is 2.44. The molecular formula is C16H24N2O2S. The highest BCUT2D eigenvalue weighted by Gasteiger charge is 2.24. The number of hydrogen-bond acceptors (Lipinski definition) is 3. The average Bonchev–Trinajstić information content (AvgIpc) is 2.91. The minimum Gasteiger partial charge on any atom is -0.353 e. The third-order valence-corrected chi connectivity index (χ3v) is 4.59. The minimum atomic E-state index is 0.0874. The van der Waals surface area contributed by atoms with Crippen LogP contribution in [0.5, 0.6) is 0 Å². The van der Waals surface area contributed by atoms with Crippen LogP contribution in [-0.2, 0) is 16.0 Å². The van der Waals surface area contributed by atoms with Gasteiger partial charge in [-0.2, -0.15) is 0 Å². The van der Waals surface area contributed by atoms with Crippen molar-refractivity contribution in [2.75, 3.05) is 13.1 Å². The lowest BCUT2D eigenvalue weighted by Crippen LogP contribution is -2.47. The van der Waals surface area contributed by atoms with Gasteiger partial charge in [0, 0.05) is 30.4 Å². The third kappa shape index (κ3) is 5.16. The Morgan fingerprint density at radius 2 is 2.10 bits per heavy atom. The van der Waals surface area contributed by atoms with Crippen LogP contribution in [-0.4, -0.2) is 35.8 Å². The standard InChI is InChI=1S/C16H24N2O2S/c1-12(2)10-16(20)18-7-5-13(6-8-18)17-15(19)11-14-4-3-9-21-14/h3-4,9,12-13H,5-8,10-11H2,1-2H3,(H,17,19). The van der Waals surface area contributed by atoms with Crippen molar-refractivity contribution in [2.24, 2.45) is 5.92 Å². The molecule has 1 aliphatic rings. The summed E-state index contributed by atoms with van der Waals surface area (Å²) in [6.45, 7) is 5.65. The molecule has 0 saturated carbocycles. The molecule has 1 aromatic heterocycles. The van der Waals surface area contributed by atoms with Crippen LogP contribution in [0.15, 0.2) is 17.5 Å². The van der Waals surface area contributed by atoms with Crippen LogP contribution in [0, 0.1) is 5.92 Å². The highest BCUT2D eigenvalue weighted by molar-refractivity contribution is 7.10. The van der Waals surface area contributed by atoms with Crippen molar-refractivity contribution >= 4 is 23.2 Å². The van der Waals surface area contributed by atoms with Crippen molar-refractivity contribution in [2.45, 2.75) is 45.6 Å². The van der Waals surface area contributed by atoms with E-state index in [4.69, 9.17) is 0 Å². The largest absolute Gasteiger partial charge is 0.353 e. The van der Waals surface area contributed by atoms with E-state index in [1.54, 1.807) is 11.3 Å². The second-order valence-electron chi connectivity index (χ2n) is 6.08. The lowest BCUT2D eigenvalue weighted by Gasteiger charge is -2.32. The second-order valence-corrected chi connectivity index (χ2v) is 7.11. The van der Waals surface area contributed by atoms with E-state index in [-0.39, 0.29) is 17.9 Å². The Morgan fingerprint density at radius 1 is 1.38 bits per heavy atom. The number of carbonyl (C=O) groups excluding carboxylic acids is 2. The molecule has 116 valence electrons. The van der Waals surface area contributed by atoms with Crippen molar-refractivity contribution in [3.63, 3.8) is 0 Å². The van der Waals surface area contributed by atoms with Gasteiger partial charge in [-0.1, -0.05) is 19.9 Å². The van der Waals surface area contributed by atoms with Gasteiger partial charge < -0.3 is 10.2 Å². The van der Waals surface area contributed by atoms with Gasteiger partial charge in [-0.25, -0.2) is 0 Å². The average molecular weight is 308 g/mol. The zero-order valence-corrected chi connectivity index (χ0v) is 13.6. The summed E-state index contributed by atoms with van der Waals surface area (Å²) < 4.78 is 0. The molecular weight excluding hydrogens is 284 g/mol. The SMILES string of the molecule is CC(C)CC(=O)N1CCC(NC(=O)Cc2cccs2)CC1. The second kappa shape index (κ2) is 7.59. The zero-order valence-electron chi connectivity index (χ0n) is 12.8. The third-order valence-electron chi connectivity index (χ3n) is 3.71. The van der Waals surface area contributed by atoms with Crippen molar-refractivity contribution in [1.82, 2.24) is 10.2 Å². The Hall–Kier alpha value is -1.36. The molecule has 21 heavy (non-hydrogen) atoms. The van der Waals surface area contributed by atoms with Crippen molar-refractivity contribution in [3.05, 3.63) is 22.4 Å². The molecule has 1 aliphatic heterocycles. The molecule has 0 aliphatic carbocycles. The van der Waals surface area contributed by atoms with Gasteiger partial charge in [-0.15, -0.1) is 11.3 Å². The molecule has 2 heterocycles. The highest BCUT2D eigenvalue weighted by Crippen LogP contribution is 2.14. The maximum atomic E-state index is 12.0. The van der Waals surface area contributed by atoms with E-state index in [2.05, 4.69) is 19.2 Å². The number of carbonyl (C=O) groups is 2. The van der Waals surface area contributed by atoms with E-state index in [1.807, 2.05) is 22.4 Å². The molecule has 5 heteroatoms. The van der Waals surface area contributed by atoms with Crippen molar-refractivity contribution in [1.29, 1.82) is 0 Å². The van der Waals surface area contributed by atoms with E-state index >= 15 is 0 Å². The summed E-state index contributed by atoms with van der Waals surface area (Å²) in [4.78, 5) is 27.0. The molecule has 0 spiro atoms. The lowest BCUT2D eigenvalue weighted by molar-refractivity contribution is -0.133. The number of nitrogens with zero attached hydrogens (tertiary/aromatic N) is 1. The number of thiophene rings is 1. The monoisotopic (exact) mass is 308 g/mol. The van der Waals surface area contributed by atoms with Crippen LogP contribution in [0.4, 0.5) is 0 Å². The molecule has 0 atom stereocenters. The maximum Gasteiger partial charge on any atom is 0.225 e. The van der Waals surface area contributed by atoms with Crippen LogP contribution < -0.4 is 5.32 Å². The molecule has 0 radical (unpaired) electrons. The maximum absolute atomic E-state index is 12.0. The van der Waals surface area contributed by atoms with Crippen LogP contribution in [0.1, 0.15) is 38.0 Å². The van der Waals surface area contributed by atoms with Gasteiger partial charge in [0.05, 0.1) is 6.42 Å². The van der Waals surface area contributed by atoms with Gasteiger partial charge >= 0.3 is 0 Å². The summed E-state index contributed by atoms with van der Waals surface area (Å²) in [5, 5.41) is 5.07. The first kappa shape index (κ1) is 16.0. The van der Waals surface area contributed by atoms with Crippen molar-refractivity contribution in [3.8, 4) is 0 Å². The lowest BCUT2D eigenvalue weighted by atomic mass is 10.0. The summed E-state index contributed by atoms with van der Waals surface area (Å²) in [6.07, 6.45) is 2.81. The summed E-state index contributed by atoms with van der Waals surface area (Å²) in [7, 11) is 0. The summed E-state index contributed by atoms with van der Waals surface area (Å²) in [5.74, 6) is 0.735. The molecule has 0 aromatic carbocycles. The molecule has 2 amide bonds. The van der Waals surface area contributed by atoms with E-state index in [9.17, 15) is 9.59 Å². The Labute approximate surface area is 130 Å². The van der Waals surface area contributed by atoms with E-state index in [0.29, 0.717) is 18.8 Å². The van der Waals surface area contributed by atoms with E-state index in [1.165, 1.54) is 0 Å². The molecule has 0 bridgehead atoms. The van der Waals surface area contributed by atoms with Gasteiger partial charge in [-0.05, 0) is 30.2 Å². The summed E-state index contributed by atoms with van der Waals surface area (Å²) in [6, 6.07) is 4.16. The topological polar surface area (TPSA) is 49.4 Å².